The average molecular weight is 520 g/mol. The molecule has 0 atom stereocenters. The Morgan fingerprint density at radius 2 is 1.13 bits per heavy atom. The van der Waals surface area contributed by atoms with Gasteiger partial charge in [0, 0.05) is 0 Å². The zero-order chi connectivity index (χ0) is 14.5. The first-order chi connectivity index (χ1) is 9.86. The van der Waals surface area contributed by atoms with Gasteiger partial charge in [0.25, 0.3) is 0 Å². The Morgan fingerprint density at radius 3 is 1.39 bits per heavy atom. The molecule has 0 fully saturated rings. The van der Waals surface area contributed by atoms with Crippen LogP contribution in [0, 0.1) is 12.2 Å². The Bertz CT molecular complexity index is 332. The molecule has 0 bridgehead atoms. The topological polar surface area (TPSA) is 0 Å². The summed E-state index contributed by atoms with van der Waals surface area (Å²) in [6.45, 7) is 4.48. The molecular formula is C20H30Cl2Hf. The van der Waals surface area contributed by atoms with Crippen molar-refractivity contribution in [3.63, 3.8) is 0 Å². The molecule has 0 amide bonds. The Hall–Kier alpha value is 0.410. The molecule has 0 radical (unpaired) electrons. The molecule has 2 aliphatic carbocycles. The summed E-state index contributed by atoms with van der Waals surface area (Å²) >= 11 is 0. The van der Waals surface area contributed by atoms with E-state index in [1.165, 1.54) is 62.5 Å². The third-order valence-electron chi connectivity index (χ3n) is 3.63. The predicted molar refractivity (Wildman–Crippen MR) is 89.3 cm³/mol. The summed E-state index contributed by atoms with van der Waals surface area (Å²) in [5, 5.41) is 0. The zero-order valence-electron chi connectivity index (χ0n) is 14.6. The molecule has 0 nitrogen and oxygen atoms in total. The van der Waals surface area contributed by atoms with E-state index in [4.69, 9.17) is 0 Å². The quantitative estimate of drug-likeness (QED) is 0.249. The minimum atomic E-state index is 0. The summed E-state index contributed by atoms with van der Waals surface area (Å²) in [7, 11) is 0. The van der Waals surface area contributed by atoms with Gasteiger partial charge in [-0.15, -0.1) is 12.8 Å². The van der Waals surface area contributed by atoms with E-state index >= 15 is 0 Å². The van der Waals surface area contributed by atoms with Gasteiger partial charge in [-0.1, -0.05) is 65.2 Å². The molecule has 2 rings (SSSR count). The van der Waals surface area contributed by atoms with Gasteiger partial charge in [0.15, 0.2) is 0 Å². The molecule has 128 valence electrons. The summed E-state index contributed by atoms with van der Waals surface area (Å²) in [4.78, 5) is 0. The predicted octanol–water partition coefficient (Wildman–Crippen LogP) is 0.518. The van der Waals surface area contributed by atoms with Crippen LogP contribution in [0.15, 0.2) is 35.5 Å². The summed E-state index contributed by atoms with van der Waals surface area (Å²) in [5.41, 5.74) is 2.85. The maximum atomic E-state index is 3.32. The first-order valence-electron chi connectivity index (χ1n) is 8.39. The van der Waals surface area contributed by atoms with Crippen molar-refractivity contribution in [1.82, 2.24) is 0 Å². The molecule has 0 saturated heterocycles. The van der Waals surface area contributed by atoms with Gasteiger partial charge in [0.1, 0.15) is 0 Å². The molecule has 0 heterocycles. The van der Waals surface area contributed by atoms with Gasteiger partial charge >= 0.3 is 25.8 Å². The smallest absolute Gasteiger partial charge is 1.00 e. The molecule has 0 aromatic rings. The van der Waals surface area contributed by atoms with E-state index in [0.29, 0.717) is 0 Å². The molecule has 0 N–H and O–H groups in total. The molecular weight excluding hydrogens is 490 g/mol. The first kappa shape index (κ1) is 28.2. The van der Waals surface area contributed by atoms with Crippen LogP contribution in [-0.2, 0) is 25.8 Å². The normalized spacial score (nSPS) is 13.8. The summed E-state index contributed by atoms with van der Waals surface area (Å²) in [5.74, 6) is 0. The number of allylic oxidation sites excluding steroid dienone is 8. The number of hydrogen-bond acceptors (Lipinski definition) is 0. The molecule has 0 spiro atoms. The Balaban J connectivity index is -0.000000308. The standard InChI is InChI=1S/2C10H15.2ClH.Hf/c2*1-2-3-4-7-10-8-5-6-9-10;;;/h2*5,8H,2-4,6-7H2,1H3;2*1H;/q2*-1;;;+4/p-2. The maximum absolute atomic E-state index is 3.32. The van der Waals surface area contributed by atoms with Crippen LogP contribution in [0.5, 0.6) is 0 Å². The molecule has 0 aromatic carbocycles. The van der Waals surface area contributed by atoms with E-state index in [1.54, 1.807) is 0 Å². The van der Waals surface area contributed by atoms with E-state index in [0.717, 1.165) is 12.8 Å². The van der Waals surface area contributed by atoms with E-state index < -0.39 is 0 Å². The van der Waals surface area contributed by atoms with Crippen molar-refractivity contribution in [2.45, 2.75) is 78.1 Å². The number of hydrogen-bond donors (Lipinski definition) is 0. The molecule has 0 aromatic heterocycles. The summed E-state index contributed by atoms with van der Waals surface area (Å²) < 4.78 is 0. The van der Waals surface area contributed by atoms with Crippen LogP contribution in [0.1, 0.15) is 78.1 Å². The van der Waals surface area contributed by atoms with Crippen molar-refractivity contribution in [3.05, 3.63) is 47.6 Å². The third-order valence-corrected chi connectivity index (χ3v) is 3.63. The SMILES string of the molecule is CCCCCC1=[C-]CC=C1.CCCCCC1=[C-]CC=C1.[Cl-].[Cl-].[Hf+4]. The Morgan fingerprint density at radius 1 is 0.739 bits per heavy atom. The van der Waals surface area contributed by atoms with Gasteiger partial charge < -0.3 is 24.8 Å². The molecule has 2 aliphatic rings. The minimum Gasteiger partial charge on any atom is -1.00 e. The van der Waals surface area contributed by atoms with Crippen LogP contribution in [0.4, 0.5) is 0 Å². The van der Waals surface area contributed by atoms with E-state index in [2.05, 4.69) is 50.3 Å². The van der Waals surface area contributed by atoms with Crippen LogP contribution in [0.3, 0.4) is 0 Å². The first-order valence-corrected chi connectivity index (χ1v) is 8.39. The summed E-state index contributed by atoms with van der Waals surface area (Å²) in [6, 6.07) is 0. The second-order valence-electron chi connectivity index (χ2n) is 5.53. The van der Waals surface area contributed by atoms with Crippen LogP contribution in [0.25, 0.3) is 0 Å². The van der Waals surface area contributed by atoms with Gasteiger partial charge in [-0.05, 0) is 0 Å². The molecule has 0 unspecified atom stereocenters. The Kier molecular flexibility index (Phi) is 25.1. The monoisotopic (exact) mass is 520 g/mol. The van der Waals surface area contributed by atoms with Gasteiger partial charge in [-0.25, -0.2) is 23.3 Å². The van der Waals surface area contributed by atoms with Gasteiger partial charge in [0.05, 0.1) is 0 Å². The van der Waals surface area contributed by atoms with Crippen LogP contribution < -0.4 is 24.8 Å². The van der Waals surface area contributed by atoms with Crippen molar-refractivity contribution < 1.29 is 50.7 Å². The molecule has 0 aliphatic heterocycles. The number of unbranched alkanes of at least 4 members (excludes halogenated alkanes) is 4. The number of halogens is 2. The van der Waals surface area contributed by atoms with Gasteiger partial charge in [0.2, 0.25) is 0 Å². The fourth-order valence-electron chi connectivity index (χ4n) is 2.37. The largest absolute Gasteiger partial charge is 4.00 e. The minimum absolute atomic E-state index is 0. The van der Waals surface area contributed by atoms with Crippen LogP contribution in [0.2, 0.25) is 0 Å². The average Bonchev–Trinajstić information content (AvgIpc) is 3.13. The van der Waals surface area contributed by atoms with E-state index in [-0.39, 0.29) is 50.7 Å². The zero-order valence-corrected chi connectivity index (χ0v) is 19.7. The fourth-order valence-corrected chi connectivity index (χ4v) is 2.37. The van der Waals surface area contributed by atoms with E-state index in [1.807, 2.05) is 0 Å². The van der Waals surface area contributed by atoms with Crippen molar-refractivity contribution in [2.24, 2.45) is 0 Å². The van der Waals surface area contributed by atoms with Crippen LogP contribution >= 0.6 is 0 Å². The van der Waals surface area contributed by atoms with Gasteiger partial charge in [-0.3, -0.25) is 12.2 Å². The maximum Gasteiger partial charge on any atom is 4.00 e. The second-order valence-corrected chi connectivity index (χ2v) is 5.53. The number of rotatable bonds is 8. The van der Waals surface area contributed by atoms with Crippen molar-refractivity contribution >= 4 is 0 Å². The molecule has 23 heavy (non-hydrogen) atoms. The summed E-state index contributed by atoms with van der Waals surface area (Å²) in [6.07, 6.45) is 28.0. The van der Waals surface area contributed by atoms with Gasteiger partial charge in [-0.2, -0.15) is 12.2 Å². The third kappa shape index (κ3) is 15.7. The van der Waals surface area contributed by atoms with Crippen LogP contribution in [-0.4, -0.2) is 0 Å². The van der Waals surface area contributed by atoms with E-state index in [9.17, 15) is 0 Å². The van der Waals surface area contributed by atoms with Crippen molar-refractivity contribution in [3.8, 4) is 0 Å². The second kappa shape index (κ2) is 20.5. The molecule has 0 saturated carbocycles. The van der Waals surface area contributed by atoms with Crippen molar-refractivity contribution in [2.75, 3.05) is 0 Å². The van der Waals surface area contributed by atoms with Crippen molar-refractivity contribution in [1.29, 1.82) is 0 Å². The fraction of sp³-hybridized carbons (Fsp3) is 0.600. The molecule has 3 heteroatoms. The Labute approximate surface area is 175 Å².